The number of fused-ring (bicyclic) bond motifs is 1. The lowest BCUT2D eigenvalue weighted by Crippen LogP contribution is -2.17. The van der Waals surface area contributed by atoms with E-state index in [0.717, 1.165) is 23.7 Å². The highest BCUT2D eigenvalue weighted by Gasteiger charge is 2.11. The molecule has 2 N–H and O–H groups in total. The van der Waals surface area contributed by atoms with Gasteiger partial charge in [0, 0.05) is 43.7 Å². The van der Waals surface area contributed by atoms with E-state index in [4.69, 9.17) is 0 Å². The summed E-state index contributed by atoms with van der Waals surface area (Å²) in [5, 5.41) is 8.08. The summed E-state index contributed by atoms with van der Waals surface area (Å²) in [6, 6.07) is 12.2. The van der Waals surface area contributed by atoms with Crippen molar-refractivity contribution >= 4 is 22.9 Å². The second-order valence-corrected chi connectivity index (χ2v) is 5.36. The van der Waals surface area contributed by atoms with E-state index in [2.05, 4.69) is 33.8 Å². The third-order valence-electron chi connectivity index (χ3n) is 3.93. The van der Waals surface area contributed by atoms with Crippen LogP contribution in [0, 0.1) is 0 Å². The molecule has 1 heterocycles. The van der Waals surface area contributed by atoms with E-state index in [0.29, 0.717) is 11.5 Å². The molecule has 1 amide bonds. The number of aliphatic imine (C=N–C) groups is 1. The Kier molecular flexibility index (Phi) is 4.19. The van der Waals surface area contributed by atoms with Crippen LogP contribution in [-0.4, -0.2) is 25.7 Å². The minimum Gasteiger partial charge on any atom is -0.390 e. The average Bonchev–Trinajstić information content (AvgIpc) is 2.53. The second kappa shape index (κ2) is 6.43. The largest absolute Gasteiger partial charge is 0.390 e. The molecule has 0 spiro atoms. The van der Waals surface area contributed by atoms with Crippen LogP contribution in [0.3, 0.4) is 0 Å². The van der Waals surface area contributed by atoms with Crippen molar-refractivity contribution in [1.29, 1.82) is 0 Å². The van der Waals surface area contributed by atoms with Gasteiger partial charge in [0.2, 0.25) is 0 Å². The van der Waals surface area contributed by atoms with Crippen LogP contribution in [0.1, 0.15) is 28.3 Å². The summed E-state index contributed by atoms with van der Waals surface area (Å²) in [4.78, 5) is 16.0. The summed E-state index contributed by atoms with van der Waals surface area (Å²) in [6.07, 6.45) is 6.66. The van der Waals surface area contributed by atoms with E-state index in [9.17, 15) is 4.79 Å². The number of carbonyl (C=O) groups excluding carboxylic acids is 1. The van der Waals surface area contributed by atoms with Gasteiger partial charge in [0.05, 0.1) is 0 Å². The lowest BCUT2D eigenvalue weighted by atomic mass is 9.93. The first-order valence-electron chi connectivity index (χ1n) is 7.45. The average molecular weight is 293 g/mol. The van der Waals surface area contributed by atoms with Crippen molar-refractivity contribution in [1.82, 2.24) is 10.6 Å². The van der Waals surface area contributed by atoms with Gasteiger partial charge in [-0.05, 0) is 34.9 Å². The maximum Gasteiger partial charge on any atom is 0.251 e. The molecule has 2 aromatic carbocycles. The molecule has 1 atom stereocenters. The molecule has 22 heavy (non-hydrogen) atoms. The van der Waals surface area contributed by atoms with Gasteiger partial charge in [-0.25, -0.2) is 0 Å². The van der Waals surface area contributed by atoms with Gasteiger partial charge in [0.25, 0.3) is 5.91 Å². The van der Waals surface area contributed by atoms with Crippen LogP contribution in [0.5, 0.6) is 0 Å². The Labute approximate surface area is 129 Å². The fourth-order valence-electron chi connectivity index (χ4n) is 2.68. The maximum atomic E-state index is 11.7. The van der Waals surface area contributed by atoms with Crippen LogP contribution >= 0.6 is 0 Å². The van der Waals surface area contributed by atoms with Crippen molar-refractivity contribution < 1.29 is 4.79 Å². The lowest BCUT2D eigenvalue weighted by Gasteiger charge is -2.15. The van der Waals surface area contributed by atoms with Crippen molar-refractivity contribution in [3.05, 3.63) is 59.9 Å². The van der Waals surface area contributed by atoms with E-state index in [1.165, 1.54) is 5.56 Å². The molecule has 112 valence electrons. The van der Waals surface area contributed by atoms with Gasteiger partial charge in [0.15, 0.2) is 0 Å². The molecule has 0 saturated carbocycles. The van der Waals surface area contributed by atoms with Crippen molar-refractivity contribution in [3.63, 3.8) is 0 Å². The Morgan fingerprint density at radius 3 is 2.91 bits per heavy atom. The highest BCUT2D eigenvalue weighted by molar-refractivity contribution is 5.98. The minimum absolute atomic E-state index is 0.0593. The first-order chi connectivity index (χ1) is 10.8. The standard InChI is InChI=1S/C18H19N3O/c1-19-18(22)16-5-4-13-10-15(3-2-14(13)11-16)17-6-7-20-8-9-21-12-17/h2-5,8-12,17,20H,6-7H2,1H3,(H,19,22)/b9-8-,21-12-. The van der Waals surface area contributed by atoms with E-state index >= 15 is 0 Å². The molecule has 0 saturated heterocycles. The van der Waals surface area contributed by atoms with Gasteiger partial charge in [-0.1, -0.05) is 24.3 Å². The Balaban J connectivity index is 1.94. The zero-order chi connectivity index (χ0) is 15.4. The first-order valence-corrected chi connectivity index (χ1v) is 7.45. The monoisotopic (exact) mass is 293 g/mol. The van der Waals surface area contributed by atoms with Gasteiger partial charge in [-0.2, -0.15) is 0 Å². The highest BCUT2D eigenvalue weighted by atomic mass is 16.1. The minimum atomic E-state index is -0.0593. The Hall–Kier alpha value is -2.62. The lowest BCUT2D eigenvalue weighted by molar-refractivity contribution is 0.0963. The van der Waals surface area contributed by atoms with Crippen LogP contribution in [0.15, 0.2) is 53.8 Å². The van der Waals surface area contributed by atoms with Crippen molar-refractivity contribution in [2.24, 2.45) is 4.99 Å². The van der Waals surface area contributed by atoms with Gasteiger partial charge in [0.1, 0.15) is 0 Å². The highest BCUT2D eigenvalue weighted by Crippen LogP contribution is 2.24. The number of hydrogen-bond donors (Lipinski definition) is 2. The molecular formula is C18H19N3O. The molecule has 0 radical (unpaired) electrons. The molecule has 0 fully saturated rings. The summed E-state index contributed by atoms with van der Waals surface area (Å²) in [7, 11) is 1.64. The van der Waals surface area contributed by atoms with Crippen LogP contribution in [0.4, 0.5) is 0 Å². The van der Waals surface area contributed by atoms with Crippen LogP contribution < -0.4 is 10.6 Å². The number of carbonyl (C=O) groups is 1. The normalized spacial score (nSPS) is 20.5. The van der Waals surface area contributed by atoms with Gasteiger partial charge in [-0.3, -0.25) is 9.79 Å². The van der Waals surface area contributed by atoms with Gasteiger partial charge >= 0.3 is 0 Å². The third-order valence-corrected chi connectivity index (χ3v) is 3.93. The molecule has 2 aromatic rings. The maximum absolute atomic E-state index is 11.7. The molecule has 0 aromatic heterocycles. The van der Waals surface area contributed by atoms with E-state index in [1.54, 1.807) is 13.2 Å². The number of rotatable bonds is 2. The summed E-state index contributed by atoms with van der Waals surface area (Å²) in [5.74, 6) is 0.247. The van der Waals surface area contributed by atoms with Crippen molar-refractivity contribution in [2.75, 3.05) is 13.6 Å². The molecule has 4 heteroatoms. The summed E-state index contributed by atoms with van der Waals surface area (Å²) in [6.45, 7) is 0.931. The number of nitrogens with one attached hydrogen (secondary N) is 2. The molecular weight excluding hydrogens is 274 g/mol. The SMILES string of the molecule is CNC(=O)c1ccc2cc(C3/C=N\C=C/NCC3)ccc2c1. The van der Waals surface area contributed by atoms with E-state index in [1.807, 2.05) is 30.6 Å². The number of benzene rings is 2. The first kappa shape index (κ1) is 14.3. The fraction of sp³-hybridized carbons (Fsp3) is 0.222. The summed E-state index contributed by atoms with van der Waals surface area (Å²) in [5.41, 5.74) is 1.94. The number of amides is 1. The topological polar surface area (TPSA) is 53.5 Å². The smallest absolute Gasteiger partial charge is 0.251 e. The fourth-order valence-corrected chi connectivity index (χ4v) is 2.68. The summed E-state index contributed by atoms with van der Waals surface area (Å²) >= 11 is 0. The molecule has 0 aliphatic carbocycles. The van der Waals surface area contributed by atoms with Crippen molar-refractivity contribution in [3.8, 4) is 0 Å². The zero-order valence-corrected chi connectivity index (χ0v) is 12.5. The van der Waals surface area contributed by atoms with Crippen LogP contribution in [-0.2, 0) is 0 Å². The Morgan fingerprint density at radius 2 is 2.05 bits per heavy atom. The Morgan fingerprint density at radius 1 is 1.23 bits per heavy atom. The molecule has 1 aliphatic heterocycles. The van der Waals surface area contributed by atoms with E-state index in [-0.39, 0.29) is 5.91 Å². The van der Waals surface area contributed by atoms with Crippen LogP contribution in [0.25, 0.3) is 10.8 Å². The van der Waals surface area contributed by atoms with Crippen LogP contribution in [0.2, 0.25) is 0 Å². The van der Waals surface area contributed by atoms with Crippen molar-refractivity contribution in [2.45, 2.75) is 12.3 Å². The van der Waals surface area contributed by atoms with Gasteiger partial charge < -0.3 is 10.6 Å². The number of nitrogens with zero attached hydrogens (tertiary/aromatic N) is 1. The van der Waals surface area contributed by atoms with Gasteiger partial charge in [-0.15, -0.1) is 0 Å². The predicted molar refractivity (Wildman–Crippen MR) is 90.3 cm³/mol. The number of hydrogen-bond acceptors (Lipinski definition) is 3. The quantitative estimate of drug-likeness (QED) is 0.894. The molecule has 0 bridgehead atoms. The summed E-state index contributed by atoms with van der Waals surface area (Å²) < 4.78 is 0. The van der Waals surface area contributed by atoms with E-state index < -0.39 is 0 Å². The molecule has 1 aliphatic rings. The Bertz CT molecular complexity index is 749. The third kappa shape index (κ3) is 3.01. The predicted octanol–water partition coefficient (Wildman–Crippen LogP) is 2.82. The molecule has 3 rings (SSSR count). The zero-order valence-electron chi connectivity index (χ0n) is 12.5. The molecule has 1 unspecified atom stereocenters. The molecule has 4 nitrogen and oxygen atoms in total. The second-order valence-electron chi connectivity index (χ2n) is 5.36.